The maximum absolute atomic E-state index is 6.13. The number of likely N-dealkylation sites (tertiary alicyclic amines) is 1. The quantitative estimate of drug-likeness (QED) is 0.709. The Labute approximate surface area is 168 Å². The monoisotopic (exact) mass is 393 g/mol. The lowest BCUT2D eigenvalue weighted by Gasteiger charge is -2.36. The van der Waals surface area contributed by atoms with E-state index in [0.29, 0.717) is 5.92 Å². The Hall–Kier alpha value is -0.850. The zero-order valence-corrected chi connectivity index (χ0v) is 17.2. The van der Waals surface area contributed by atoms with Gasteiger partial charge in [0.15, 0.2) is 0 Å². The van der Waals surface area contributed by atoms with Gasteiger partial charge in [-0.15, -0.1) is 0 Å². The van der Waals surface area contributed by atoms with Crippen LogP contribution in [0.2, 0.25) is 5.02 Å². The van der Waals surface area contributed by atoms with Crippen LogP contribution in [0, 0.1) is 11.3 Å². The van der Waals surface area contributed by atoms with Crippen LogP contribution in [0.4, 0.5) is 5.69 Å². The largest absolute Gasteiger partial charge is 0.384 e. The van der Waals surface area contributed by atoms with Gasteiger partial charge < -0.3 is 19.3 Å². The molecule has 2 atom stereocenters. The van der Waals surface area contributed by atoms with E-state index < -0.39 is 0 Å². The molecule has 1 aromatic carbocycles. The lowest BCUT2D eigenvalue weighted by atomic mass is 9.82. The summed E-state index contributed by atoms with van der Waals surface area (Å²) in [5, 5.41) is 0.821. The van der Waals surface area contributed by atoms with Gasteiger partial charge in [-0.1, -0.05) is 17.7 Å². The molecule has 3 aliphatic heterocycles. The zero-order chi connectivity index (χ0) is 18.7. The van der Waals surface area contributed by atoms with E-state index in [1.165, 1.54) is 31.7 Å². The van der Waals surface area contributed by atoms with Crippen molar-refractivity contribution in [1.82, 2.24) is 9.80 Å². The van der Waals surface area contributed by atoms with Crippen LogP contribution < -0.4 is 4.90 Å². The third-order valence-corrected chi connectivity index (χ3v) is 6.75. The summed E-state index contributed by atoms with van der Waals surface area (Å²) in [4.78, 5) is 7.68. The van der Waals surface area contributed by atoms with Crippen molar-refractivity contribution in [2.75, 3.05) is 84.2 Å². The van der Waals surface area contributed by atoms with Crippen LogP contribution in [-0.2, 0) is 9.47 Å². The first-order chi connectivity index (χ1) is 13.2. The van der Waals surface area contributed by atoms with E-state index in [0.717, 1.165) is 57.6 Å². The highest BCUT2D eigenvalue weighted by Gasteiger charge is 2.50. The number of halogens is 1. The topological polar surface area (TPSA) is 28.2 Å². The molecule has 0 aromatic heterocycles. The number of fused-ring (bicyclic) bond motifs is 1. The molecule has 3 fully saturated rings. The standard InChI is InChI=1S/C21H32ClN3O2/c1-26-16-21-15-24(13-18(21)14-27-17-21)7-3-6-23-8-10-25(11-9-23)20-5-2-4-19(22)12-20/h2,4-5,12,18H,3,6-11,13-17H2,1H3/t18-,21-/m0/s1. The van der Waals surface area contributed by atoms with Crippen LogP contribution in [0.5, 0.6) is 0 Å². The summed E-state index contributed by atoms with van der Waals surface area (Å²) >= 11 is 6.13. The second kappa shape index (κ2) is 8.66. The molecule has 3 saturated heterocycles. The molecule has 0 aliphatic carbocycles. The molecule has 4 rings (SSSR count). The molecule has 0 amide bonds. The summed E-state index contributed by atoms with van der Waals surface area (Å²) in [6.07, 6.45) is 1.24. The molecule has 0 bridgehead atoms. The third kappa shape index (κ3) is 4.43. The van der Waals surface area contributed by atoms with Gasteiger partial charge in [-0.2, -0.15) is 0 Å². The van der Waals surface area contributed by atoms with E-state index in [4.69, 9.17) is 21.1 Å². The van der Waals surface area contributed by atoms with E-state index >= 15 is 0 Å². The second-order valence-corrected chi connectivity index (χ2v) is 8.84. The molecule has 0 N–H and O–H groups in total. The average Bonchev–Trinajstić information content (AvgIpc) is 3.19. The summed E-state index contributed by atoms with van der Waals surface area (Å²) in [7, 11) is 1.82. The molecule has 1 aromatic rings. The van der Waals surface area contributed by atoms with Crippen molar-refractivity contribution < 1.29 is 9.47 Å². The molecule has 0 radical (unpaired) electrons. The summed E-state index contributed by atoms with van der Waals surface area (Å²) in [6, 6.07) is 8.21. The second-order valence-electron chi connectivity index (χ2n) is 8.40. The summed E-state index contributed by atoms with van der Waals surface area (Å²) in [5.41, 5.74) is 1.49. The van der Waals surface area contributed by atoms with E-state index in [-0.39, 0.29) is 5.41 Å². The molecular weight excluding hydrogens is 362 g/mol. The smallest absolute Gasteiger partial charge is 0.0561 e. The fraction of sp³-hybridized carbons (Fsp3) is 0.714. The van der Waals surface area contributed by atoms with Gasteiger partial charge in [-0.05, 0) is 37.7 Å². The Morgan fingerprint density at radius 3 is 2.78 bits per heavy atom. The van der Waals surface area contributed by atoms with Gasteiger partial charge >= 0.3 is 0 Å². The summed E-state index contributed by atoms with van der Waals surface area (Å²) < 4.78 is 11.2. The lowest BCUT2D eigenvalue weighted by Crippen LogP contribution is -2.47. The van der Waals surface area contributed by atoms with Crippen molar-refractivity contribution in [2.45, 2.75) is 6.42 Å². The molecule has 3 aliphatic rings. The fourth-order valence-electron chi connectivity index (χ4n) is 5.03. The minimum absolute atomic E-state index is 0.247. The number of ether oxygens (including phenoxy) is 2. The number of methoxy groups -OCH3 is 1. The van der Waals surface area contributed by atoms with Crippen molar-refractivity contribution >= 4 is 17.3 Å². The molecule has 0 saturated carbocycles. The molecule has 5 nitrogen and oxygen atoms in total. The Morgan fingerprint density at radius 1 is 1.19 bits per heavy atom. The third-order valence-electron chi connectivity index (χ3n) is 6.52. The maximum Gasteiger partial charge on any atom is 0.0561 e. The van der Waals surface area contributed by atoms with Gasteiger partial charge in [-0.3, -0.25) is 4.90 Å². The first kappa shape index (κ1) is 19.5. The average molecular weight is 394 g/mol. The van der Waals surface area contributed by atoms with Gasteiger partial charge in [0.2, 0.25) is 0 Å². The molecule has 0 unspecified atom stereocenters. The van der Waals surface area contributed by atoms with Crippen molar-refractivity contribution in [2.24, 2.45) is 11.3 Å². The number of benzene rings is 1. The predicted octanol–water partition coefficient (Wildman–Crippen LogP) is 2.45. The summed E-state index contributed by atoms with van der Waals surface area (Å²) in [6.45, 7) is 11.7. The first-order valence-electron chi connectivity index (χ1n) is 10.2. The lowest BCUT2D eigenvalue weighted by molar-refractivity contribution is 0.0536. The number of anilines is 1. The van der Waals surface area contributed by atoms with E-state index in [9.17, 15) is 0 Å². The van der Waals surface area contributed by atoms with Crippen molar-refractivity contribution in [1.29, 1.82) is 0 Å². The van der Waals surface area contributed by atoms with Crippen LogP contribution in [0.3, 0.4) is 0 Å². The summed E-state index contributed by atoms with van der Waals surface area (Å²) in [5.74, 6) is 0.652. The molecule has 3 heterocycles. The zero-order valence-electron chi connectivity index (χ0n) is 16.4. The Morgan fingerprint density at radius 2 is 2.00 bits per heavy atom. The highest BCUT2D eigenvalue weighted by atomic mass is 35.5. The minimum Gasteiger partial charge on any atom is -0.384 e. The maximum atomic E-state index is 6.13. The first-order valence-corrected chi connectivity index (χ1v) is 10.6. The van der Waals surface area contributed by atoms with Gasteiger partial charge in [0.05, 0.1) is 19.8 Å². The van der Waals surface area contributed by atoms with E-state index in [1.807, 2.05) is 19.2 Å². The van der Waals surface area contributed by atoms with Crippen molar-refractivity contribution in [3.63, 3.8) is 0 Å². The number of hydrogen-bond acceptors (Lipinski definition) is 5. The van der Waals surface area contributed by atoms with Gasteiger partial charge in [0.25, 0.3) is 0 Å². The highest BCUT2D eigenvalue weighted by molar-refractivity contribution is 6.30. The normalized spacial score (nSPS) is 29.4. The predicted molar refractivity (Wildman–Crippen MR) is 110 cm³/mol. The van der Waals surface area contributed by atoms with E-state index in [1.54, 1.807) is 0 Å². The highest BCUT2D eigenvalue weighted by Crippen LogP contribution is 2.41. The van der Waals surface area contributed by atoms with Crippen molar-refractivity contribution in [3.8, 4) is 0 Å². The number of hydrogen-bond donors (Lipinski definition) is 0. The SMILES string of the molecule is COC[C@@]12COC[C@@H]1CN(CCCN1CCN(c3cccc(Cl)c3)CC1)C2. The molecule has 0 spiro atoms. The van der Waals surface area contributed by atoms with Crippen LogP contribution in [0.15, 0.2) is 24.3 Å². The number of piperazine rings is 1. The molecular formula is C21H32ClN3O2. The van der Waals surface area contributed by atoms with Gasteiger partial charge in [0, 0.05) is 68.4 Å². The number of nitrogens with zero attached hydrogens (tertiary/aromatic N) is 3. The van der Waals surface area contributed by atoms with Crippen LogP contribution in [-0.4, -0.2) is 89.1 Å². The molecule has 150 valence electrons. The molecule has 6 heteroatoms. The Balaban J connectivity index is 1.18. The Bertz CT molecular complexity index is 623. The van der Waals surface area contributed by atoms with Crippen LogP contribution >= 0.6 is 11.6 Å². The van der Waals surface area contributed by atoms with Crippen LogP contribution in [0.25, 0.3) is 0 Å². The molecule has 27 heavy (non-hydrogen) atoms. The van der Waals surface area contributed by atoms with Crippen molar-refractivity contribution in [3.05, 3.63) is 29.3 Å². The van der Waals surface area contributed by atoms with Crippen LogP contribution in [0.1, 0.15) is 6.42 Å². The number of rotatable bonds is 7. The van der Waals surface area contributed by atoms with E-state index in [2.05, 4.69) is 26.8 Å². The minimum atomic E-state index is 0.247. The fourth-order valence-corrected chi connectivity index (χ4v) is 5.21. The Kier molecular flexibility index (Phi) is 6.25. The van der Waals surface area contributed by atoms with Gasteiger partial charge in [-0.25, -0.2) is 0 Å². The van der Waals surface area contributed by atoms with Gasteiger partial charge in [0.1, 0.15) is 0 Å².